The molecule has 2 aromatic rings. The zero-order valence-corrected chi connectivity index (χ0v) is 12.9. The van der Waals surface area contributed by atoms with E-state index in [-0.39, 0.29) is 5.69 Å². The van der Waals surface area contributed by atoms with Crippen molar-refractivity contribution in [2.24, 2.45) is 5.10 Å². The van der Waals surface area contributed by atoms with E-state index in [2.05, 4.69) is 10.5 Å². The molecule has 0 saturated carbocycles. The van der Waals surface area contributed by atoms with E-state index in [1.807, 2.05) is 0 Å². The molecule has 2 rings (SSSR count). The number of ether oxygens (including phenoxy) is 1. The fraction of sp³-hybridized carbons (Fsp3) is 0.0714. The standard InChI is InChI=1S/C14H11Cl2N3O3/c1-22-14-12(15)6-9(7-13(14)16)8-17-18-10-2-4-11(5-3-10)19(20)21/h2-8,18H,1H3/b17-8+. The third-order valence-electron chi connectivity index (χ3n) is 2.71. The van der Waals surface area contributed by atoms with Crippen LogP contribution >= 0.6 is 23.2 Å². The molecule has 0 unspecified atom stereocenters. The maximum absolute atomic E-state index is 10.5. The number of nitrogens with one attached hydrogen (secondary N) is 1. The summed E-state index contributed by atoms with van der Waals surface area (Å²) in [5.41, 5.74) is 4.08. The van der Waals surface area contributed by atoms with Crippen LogP contribution in [0.2, 0.25) is 10.0 Å². The third kappa shape index (κ3) is 3.87. The summed E-state index contributed by atoms with van der Waals surface area (Å²) in [6.45, 7) is 0. The Hall–Kier alpha value is -2.31. The lowest BCUT2D eigenvalue weighted by atomic mass is 10.2. The van der Waals surface area contributed by atoms with Gasteiger partial charge in [-0.1, -0.05) is 23.2 Å². The average Bonchev–Trinajstić information content (AvgIpc) is 2.47. The molecule has 0 spiro atoms. The largest absolute Gasteiger partial charge is 0.494 e. The maximum Gasteiger partial charge on any atom is 0.269 e. The summed E-state index contributed by atoms with van der Waals surface area (Å²) in [7, 11) is 1.48. The summed E-state index contributed by atoms with van der Waals surface area (Å²) in [6, 6.07) is 9.21. The second-order valence-electron chi connectivity index (χ2n) is 4.19. The molecule has 0 aliphatic carbocycles. The summed E-state index contributed by atoms with van der Waals surface area (Å²) in [5.74, 6) is 0.406. The van der Waals surface area contributed by atoms with E-state index in [0.717, 1.165) is 0 Å². The highest BCUT2D eigenvalue weighted by Gasteiger charge is 2.07. The van der Waals surface area contributed by atoms with Gasteiger partial charge in [-0.3, -0.25) is 15.5 Å². The number of nitro benzene ring substituents is 1. The minimum Gasteiger partial charge on any atom is -0.494 e. The first-order valence-corrected chi connectivity index (χ1v) is 6.83. The van der Waals surface area contributed by atoms with Crippen LogP contribution in [0.3, 0.4) is 0 Å². The number of methoxy groups -OCH3 is 1. The average molecular weight is 340 g/mol. The number of anilines is 1. The van der Waals surface area contributed by atoms with Crippen molar-refractivity contribution in [3.05, 3.63) is 62.1 Å². The molecule has 0 radical (unpaired) electrons. The van der Waals surface area contributed by atoms with Crippen LogP contribution < -0.4 is 10.2 Å². The number of non-ortho nitro benzene ring substituents is 1. The lowest BCUT2D eigenvalue weighted by Gasteiger charge is -2.06. The van der Waals surface area contributed by atoms with Gasteiger partial charge in [-0.2, -0.15) is 5.10 Å². The van der Waals surface area contributed by atoms with Crippen molar-refractivity contribution in [3.63, 3.8) is 0 Å². The molecule has 114 valence electrons. The first kappa shape index (κ1) is 16.1. The van der Waals surface area contributed by atoms with E-state index in [0.29, 0.717) is 27.0 Å². The minimum atomic E-state index is -0.464. The summed E-state index contributed by atoms with van der Waals surface area (Å²) in [5, 5.41) is 15.3. The predicted octanol–water partition coefficient (Wildman–Crippen LogP) is 4.36. The number of nitro groups is 1. The summed E-state index contributed by atoms with van der Waals surface area (Å²) in [6.07, 6.45) is 1.53. The highest BCUT2D eigenvalue weighted by molar-refractivity contribution is 6.37. The maximum atomic E-state index is 10.5. The Morgan fingerprint density at radius 3 is 2.32 bits per heavy atom. The van der Waals surface area contributed by atoms with Gasteiger partial charge in [0.1, 0.15) is 0 Å². The van der Waals surface area contributed by atoms with Crippen LogP contribution in [0.5, 0.6) is 5.75 Å². The van der Waals surface area contributed by atoms with Crippen LogP contribution in [0.1, 0.15) is 5.56 Å². The fourth-order valence-electron chi connectivity index (χ4n) is 1.69. The zero-order chi connectivity index (χ0) is 16.1. The van der Waals surface area contributed by atoms with Gasteiger partial charge < -0.3 is 4.74 Å². The van der Waals surface area contributed by atoms with Gasteiger partial charge in [-0.05, 0) is 29.8 Å². The lowest BCUT2D eigenvalue weighted by Crippen LogP contribution is -1.93. The smallest absolute Gasteiger partial charge is 0.269 e. The Bertz CT molecular complexity index is 695. The monoisotopic (exact) mass is 339 g/mol. The first-order chi connectivity index (χ1) is 10.5. The Kier molecular flexibility index (Phi) is 5.19. The molecule has 0 bridgehead atoms. The molecule has 0 atom stereocenters. The van der Waals surface area contributed by atoms with Gasteiger partial charge in [-0.15, -0.1) is 0 Å². The Balaban J connectivity index is 2.08. The van der Waals surface area contributed by atoms with E-state index in [4.69, 9.17) is 27.9 Å². The fourth-order valence-corrected chi connectivity index (χ4v) is 2.35. The number of hydrazone groups is 1. The van der Waals surface area contributed by atoms with Crippen LogP contribution in [0, 0.1) is 10.1 Å². The number of rotatable bonds is 5. The summed E-state index contributed by atoms with van der Waals surface area (Å²) in [4.78, 5) is 10.1. The highest BCUT2D eigenvalue weighted by atomic mass is 35.5. The van der Waals surface area contributed by atoms with E-state index in [1.54, 1.807) is 24.3 Å². The number of hydrogen-bond acceptors (Lipinski definition) is 5. The second-order valence-corrected chi connectivity index (χ2v) is 5.01. The van der Waals surface area contributed by atoms with Crippen LogP contribution in [0.4, 0.5) is 11.4 Å². The van der Waals surface area contributed by atoms with Crippen molar-refractivity contribution in [1.29, 1.82) is 0 Å². The summed E-state index contributed by atoms with van der Waals surface area (Å²) >= 11 is 12.0. The normalized spacial score (nSPS) is 10.7. The van der Waals surface area contributed by atoms with Crippen molar-refractivity contribution in [1.82, 2.24) is 0 Å². The molecule has 0 saturated heterocycles. The van der Waals surface area contributed by atoms with Gasteiger partial charge in [-0.25, -0.2) is 0 Å². The Labute approximate surface area is 136 Å². The van der Waals surface area contributed by atoms with Crippen LogP contribution in [-0.4, -0.2) is 18.2 Å². The Morgan fingerprint density at radius 1 is 1.23 bits per heavy atom. The van der Waals surface area contributed by atoms with Crippen LogP contribution in [-0.2, 0) is 0 Å². The molecule has 8 heteroatoms. The first-order valence-electron chi connectivity index (χ1n) is 6.08. The summed E-state index contributed by atoms with van der Waals surface area (Å²) < 4.78 is 5.06. The quantitative estimate of drug-likeness (QED) is 0.498. The molecule has 0 fully saturated rings. The van der Waals surface area contributed by atoms with Gasteiger partial charge in [0.25, 0.3) is 5.69 Å². The highest BCUT2D eigenvalue weighted by Crippen LogP contribution is 2.33. The molecule has 0 amide bonds. The Morgan fingerprint density at radius 2 is 1.82 bits per heavy atom. The van der Waals surface area contributed by atoms with Gasteiger partial charge in [0.2, 0.25) is 0 Å². The molecular weight excluding hydrogens is 329 g/mol. The minimum absolute atomic E-state index is 0.0169. The second kappa shape index (κ2) is 7.11. The van der Waals surface area contributed by atoms with Gasteiger partial charge in [0, 0.05) is 12.1 Å². The topological polar surface area (TPSA) is 76.8 Å². The van der Waals surface area contributed by atoms with Gasteiger partial charge in [0.15, 0.2) is 5.75 Å². The van der Waals surface area contributed by atoms with Crippen molar-refractivity contribution in [2.75, 3.05) is 12.5 Å². The molecule has 22 heavy (non-hydrogen) atoms. The number of hydrogen-bond donors (Lipinski definition) is 1. The van der Waals surface area contributed by atoms with Crippen molar-refractivity contribution in [3.8, 4) is 5.75 Å². The molecule has 6 nitrogen and oxygen atoms in total. The number of nitrogens with zero attached hydrogens (tertiary/aromatic N) is 2. The SMILES string of the molecule is COc1c(Cl)cc(/C=N/Nc2ccc([N+](=O)[O-])cc2)cc1Cl. The molecule has 0 aromatic heterocycles. The lowest BCUT2D eigenvalue weighted by molar-refractivity contribution is -0.384. The number of halogens is 2. The van der Waals surface area contributed by atoms with Gasteiger partial charge >= 0.3 is 0 Å². The molecule has 0 aliphatic rings. The molecule has 1 N–H and O–H groups in total. The molecule has 2 aromatic carbocycles. The molecule has 0 aliphatic heterocycles. The van der Waals surface area contributed by atoms with E-state index < -0.39 is 4.92 Å². The van der Waals surface area contributed by atoms with Crippen LogP contribution in [0.25, 0.3) is 0 Å². The zero-order valence-electron chi connectivity index (χ0n) is 11.4. The molecular formula is C14H11Cl2N3O3. The van der Waals surface area contributed by atoms with E-state index in [9.17, 15) is 10.1 Å². The van der Waals surface area contributed by atoms with Crippen LogP contribution in [0.15, 0.2) is 41.5 Å². The van der Waals surface area contributed by atoms with Crippen molar-refractivity contribution in [2.45, 2.75) is 0 Å². The predicted molar refractivity (Wildman–Crippen MR) is 87.3 cm³/mol. The van der Waals surface area contributed by atoms with E-state index in [1.165, 1.54) is 25.5 Å². The third-order valence-corrected chi connectivity index (χ3v) is 3.27. The van der Waals surface area contributed by atoms with Crippen molar-refractivity contribution >= 4 is 40.8 Å². The van der Waals surface area contributed by atoms with Gasteiger partial charge in [0.05, 0.1) is 34.0 Å². The molecule has 0 heterocycles. The number of benzene rings is 2. The van der Waals surface area contributed by atoms with Crippen molar-refractivity contribution < 1.29 is 9.66 Å². The van der Waals surface area contributed by atoms with E-state index >= 15 is 0 Å².